The summed E-state index contributed by atoms with van der Waals surface area (Å²) in [6.45, 7) is 0. The second kappa shape index (κ2) is 4.66. The van der Waals surface area contributed by atoms with E-state index in [2.05, 4.69) is 4.98 Å². The van der Waals surface area contributed by atoms with E-state index in [1.165, 1.54) is 37.5 Å². The lowest BCUT2D eigenvalue weighted by Gasteiger charge is -2.18. The fourth-order valence-electron chi connectivity index (χ4n) is 1.48. The Hall–Kier alpha value is -2.08. The van der Waals surface area contributed by atoms with Crippen LogP contribution in [0.1, 0.15) is 0 Å². The molecule has 0 radical (unpaired) electrons. The molecule has 2 rings (SSSR count). The van der Waals surface area contributed by atoms with Crippen molar-refractivity contribution >= 4 is 15.7 Å². The third-order valence-electron chi connectivity index (χ3n) is 2.49. The van der Waals surface area contributed by atoms with Crippen LogP contribution in [0.4, 0.5) is 5.69 Å². The molecule has 0 bridgehead atoms. The van der Waals surface area contributed by atoms with Crippen LogP contribution in [0.3, 0.4) is 0 Å². The van der Waals surface area contributed by atoms with Crippen LogP contribution in [0, 0.1) is 0 Å². The van der Waals surface area contributed by atoms with Gasteiger partial charge in [-0.05, 0) is 24.3 Å². The molecule has 94 valence electrons. The summed E-state index contributed by atoms with van der Waals surface area (Å²) < 4.78 is 25.7. The standard InChI is InChI=1S/C12H12N2O3S/c1-14(10-4-3-7-13-9-10)18(16,17)12-6-2-5-11(15)8-12/h2-9,15H,1H3. The van der Waals surface area contributed by atoms with E-state index in [4.69, 9.17) is 0 Å². The van der Waals surface area contributed by atoms with Gasteiger partial charge in [0.25, 0.3) is 10.0 Å². The molecule has 0 fully saturated rings. The molecule has 1 aromatic heterocycles. The molecule has 6 heteroatoms. The van der Waals surface area contributed by atoms with Crippen molar-refractivity contribution < 1.29 is 13.5 Å². The minimum Gasteiger partial charge on any atom is -0.508 e. The largest absolute Gasteiger partial charge is 0.508 e. The summed E-state index contributed by atoms with van der Waals surface area (Å²) in [6, 6.07) is 8.85. The maximum atomic E-state index is 12.3. The molecule has 1 heterocycles. The predicted octanol–water partition coefficient (Wildman–Crippen LogP) is 1.61. The molecule has 0 spiro atoms. The molecule has 0 saturated heterocycles. The van der Waals surface area contributed by atoms with Crippen LogP contribution >= 0.6 is 0 Å². The molecule has 5 nitrogen and oxygen atoms in total. The van der Waals surface area contributed by atoms with Crippen LogP contribution in [0.15, 0.2) is 53.7 Å². The molecule has 0 amide bonds. The van der Waals surface area contributed by atoms with E-state index in [1.807, 2.05) is 0 Å². The second-order valence-corrected chi connectivity index (χ2v) is 5.65. The number of anilines is 1. The Kier molecular flexibility index (Phi) is 3.20. The first-order chi connectivity index (χ1) is 8.51. The van der Waals surface area contributed by atoms with Crippen molar-refractivity contribution in [2.45, 2.75) is 4.90 Å². The molecular weight excluding hydrogens is 252 g/mol. The molecule has 0 unspecified atom stereocenters. The Morgan fingerprint density at radius 2 is 2.00 bits per heavy atom. The molecule has 1 aromatic carbocycles. The van der Waals surface area contributed by atoms with Crippen molar-refractivity contribution in [2.75, 3.05) is 11.4 Å². The molecule has 1 N–H and O–H groups in total. The zero-order valence-corrected chi connectivity index (χ0v) is 10.5. The molecule has 0 aliphatic rings. The van der Waals surface area contributed by atoms with Crippen molar-refractivity contribution in [3.8, 4) is 5.75 Å². The zero-order chi connectivity index (χ0) is 13.2. The number of nitrogens with zero attached hydrogens (tertiary/aromatic N) is 2. The summed E-state index contributed by atoms with van der Waals surface area (Å²) in [5.74, 6) is -0.0874. The predicted molar refractivity (Wildman–Crippen MR) is 67.9 cm³/mol. The summed E-state index contributed by atoms with van der Waals surface area (Å²) in [4.78, 5) is 3.91. The number of hydrogen-bond donors (Lipinski definition) is 1. The van der Waals surface area contributed by atoms with Crippen molar-refractivity contribution in [3.05, 3.63) is 48.8 Å². The maximum absolute atomic E-state index is 12.3. The van der Waals surface area contributed by atoms with Crippen molar-refractivity contribution in [2.24, 2.45) is 0 Å². The lowest BCUT2D eigenvalue weighted by atomic mass is 10.3. The summed E-state index contributed by atoms with van der Waals surface area (Å²) in [5.41, 5.74) is 0.459. The monoisotopic (exact) mass is 264 g/mol. The van der Waals surface area contributed by atoms with Crippen LogP contribution in [-0.2, 0) is 10.0 Å². The van der Waals surface area contributed by atoms with Gasteiger partial charge in [0.05, 0.1) is 16.8 Å². The van der Waals surface area contributed by atoms with Gasteiger partial charge in [-0.3, -0.25) is 9.29 Å². The van der Waals surface area contributed by atoms with Crippen molar-refractivity contribution in [1.82, 2.24) is 4.98 Å². The quantitative estimate of drug-likeness (QED) is 0.914. The highest BCUT2D eigenvalue weighted by Crippen LogP contribution is 2.23. The third-order valence-corrected chi connectivity index (χ3v) is 4.27. The van der Waals surface area contributed by atoms with E-state index >= 15 is 0 Å². The Balaban J connectivity index is 2.44. The zero-order valence-electron chi connectivity index (χ0n) is 9.69. The molecule has 0 saturated carbocycles. The van der Waals surface area contributed by atoms with Crippen LogP contribution in [-0.4, -0.2) is 25.6 Å². The molecule has 18 heavy (non-hydrogen) atoms. The molecule has 0 aliphatic heterocycles. The van der Waals surface area contributed by atoms with Crippen LogP contribution in [0.2, 0.25) is 0 Å². The fourth-order valence-corrected chi connectivity index (χ4v) is 2.70. The summed E-state index contributed by atoms with van der Waals surface area (Å²) in [5, 5.41) is 9.33. The maximum Gasteiger partial charge on any atom is 0.264 e. The van der Waals surface area contributed by atoms with Gasteiger partial charge in [0.15, 0.2) is 0 Å². The van der Waals surface area contributed by atoms with E-state index in [1.54, 1.807) is 18.3 Å². The van der Waals surface area contributed by atoms with Gasteiger partial charge in [0.2, 0.25) is 0 Å². The number of aromatic hydroxyl groups is 1. The van der Waals surface area contributed by atoms with Gasteiger partial charge >= 0.3 is 0 Å². The van der Waals surface area contributed by atoms with Gasteiger partial charge in [-0.2, -0.15) is 0 Å². The van der Waals surface area contributed by atoms with E-state index in [0.29, 0.717) is 5.69 Å². The van der Waals surface area contributed by atoms with Crippen molar-refractivity contribution in [1.29, 1.82) is 0 Å². The van der Waals surface area contributed by atoms with Gasteiger partial charge < -0.3 is 5.11 Å². The second-order valence-electron chi connectivity index (χ2n) is 3.68. The lowest BCUT2D eigenvalue weighted by Crippen LogP contribution is -2.26. The SMILES string of the molecule is CN(c1cccnc1)S(=O)(=O)c1cccc(O)c1. The average Bonchev–Trinajstić information content (AvgIpc) is 2.39. The number of aromatic nitrogens is 1. The van der Waals surface area contributed by atoms with E-state index < -0.39 is 10.0 Å². The van der Waals surface area contributed by atoms with E-state index in [9.17, 15) is 13.5 Å². The highest BCUT2D eigenvalue weighted by molar-refractivity contribution is 7.92. The van der Waals surface area contributed by atoms with Crippen LogP contribution in [0.25, 0.3) is 0 Å². The fraction of sp³-hybridized carbons (Fsp3) is 0.0833. The summed E-state index contributed by atoms with van der Waals surface area (Å²) in [7, 11) is -2.24. The smallest absolute Gasteiger partial charge is 0.264 e. The van der Waals surface area contributed by atoms with Crippen LogP contribution < -0.4 is 4.31 Å². The lowest BCUT2D eigenvalue weighted by molar-refractivity contribution is 0.473. The first kappa shape index (κ1) is 12.4. The van der Waals surface area contributed by atoms with Gasteiger partial charge in [0, 0.05) is 19.3 Å². The van der Waals surface area contributed by atoms with Crippen molar-refractivity contribution in [3.63, 3.8) is 0 Å². The number of sulfonamides is 1. The number of benzene rings is 1. The Morgan fingerprint density at radius 3 is 2.61 bits per heavy atom. The Bertz CT molecular complexity index is 641. The van der Waals surface area contributed by atoms with Gasteiger partial charge in [0.1, 0.15) is 5.75 Å². The van der Waals surface area contributed by atoms with E-state index in [-0.39, 0.29) is 10.6 Å². The van der Waals surface area contributed by atoms with Gasteiger partial charge in [-0.25, -0.2) is 8.42 Å². The highest BCUT2D eigenvalue weighted by atomic mass is 32.2. The third kappa shape index (κ3) is 2.28. The molecular formula is C12H12N2O3S. The van der Waals surface area contributed by atoms with Crippen LogP contribution in [0.5, 0.6) is 5.75 Å². The minimum absolute atomic E-state index is 0.0360. The Labute approximate surface area is 105 Å². The number of rotatable bonds is 3. The average molecular weight is 264 g/mol. The summed E-state index contributed by atoms with van der Waals surface area (Å²) in [6.07, 6.45) is 3.03. The minimum atomic E-state index is -3.68. The van der Waals surface area contributed by atoms with Gasteiger partial charge in [-0.15, -0.1) is 0 Å². The first-order valence-corrected chi connectivity index (χ1v) is 6.64. The number of hydrogen-bond acceptors (Lipinski definition) is 4. The topological polar surface area (TPSA) is 70.5 Å². The number of pyridine rings is 1. The number of phenols is 1. The molecule has 0 aliphatic carbocycles. The normalized spacial score (nSPS) is 11.2. The Morgan fingerprint density at radius 1 is 1.22 bits per heavy atom. The first-order valence-electron chi connectivity index (χ1n) is 5.20. The number of phenolic OH excluding ortho intramolecular Hbond substituents is 1. The molecule has 0 atom stereocenters. The van der Waals surface area contributed by atoms with Gasteiger partial charge in [-0.1, -0.05) is 6.07 Å². The summed E-state index contributed by atoms with van der Waals surface area (Å²) >= 11 is 0. The highest BCUT2D eigenvalue weighted by Gasteiger charge is 2.21. The molecule has 2 aromatic rings. The van der Waals surface area contributed by atoms with E-state index in [0.717, 1.165) is 4.31 Å².